The van der Waals surface area contributed by atoms with Gasteiger partial charge in [-0.15, -0.1) is 0 Å². The van der Waals surface area contributed by atoms with Crippen molar-refractivity contribution in [1.82, 2.24) is 0 Å². The van der Waals surface area contributed by atoms with Gasteiger partial charge in [-0.1, -0.05) is 24.8 Å². The molecule has 0 aliphatic rings. The molecule has 0 amide bonds. The van der Waals surface area contributed by atoms with E-state index in [1.165, 1.54) is 12.1 Å². The normalized spacial score (nSPS) is 11.2. The maximum atomic E-state index is 11.8. The monoisotopic (exact) mass is 388 g/mol. The highest BCUT2D eigenvalue weighted by Gasteiger charge is 2.13. The van der Waals surface area contributed by atoms with Gasteiger partial charge in [0.2, 0.25) is 0 Å². The second-order valence-corrected chi connectivity index (χ2v) is 6.41. The van der Waals surface area contributed by atoms with Gasteiger partial charge in [-0.3, -0.25) is 4.18 Å². The van der Waals surface area contributed by atoms with E-state index in [0.717, 1.165) is 6.08 Å². The molecule has 0 N–H and O–H groups in total. The van der Waals surface area contributed by atoms with Crippen molar-refractivity contribution in [3.8, 4) is 0 Å². The maximum Gasteiger partial charge on any atom is 0.330 e. The number of hydrogen-bond donors (Lipinski definition) is 0. The fourth-order valence-corrected chi connectivity index (χ4v) is 2.57. The lowest BCUT2D eigenvalue weighted by molar-refractivity contribution is -0.139. The zero-order valence-electron chi connectivity index (χ0n) is 14.5. The molecule has 146 valence electrons. The highest BCUT2D eigenvalue weighted by molar-refractivity contribution is 7.86. The molecule has 0 heterocycles. The molecule has 8 nitrogen and oxygen atoms in total. The van der Waals surface area contributed by atoms with Gasteiger partial charge < -0.3 is 18.9 Å². The van der Waals surface area contributed by atoms with E-state index in [2.05, 4.69) is 6.58 Å². The molecule has 0 radical (unpaired) electrons. The standard InChI is InChI=1S/C17H24O8S/c1-2-17(18)24-14-12-22-10-8-21-9-11-23-13-15-25-26(19,20)16-6-4-3-5-7-16/h2-7H,1,8-15H2. The first kappa shape index (κ1) is 22.3. The first-order chi connectivity index (χ1) is 12.6. The lowest BCUT2D eigenvalue weighted by atomic mass is 10.4. The summed E-state index contributed by atoms with van der Waals surface area (Å²) >= 11 is 0. The Labute approximate surface area is 153 Å². The summed E-state index contributed by atoms with van der Waals surface area (Å²) in [6.07, 6.45) is 1.09. The molecule has 26 heavy (non-hydrogen) atoms. The Balaban J connectivity index is 1.91. The molecule has 0 atom stereocenters. The Morgan fingerprint density at radius 1 is 0.846 bits per heavy atom. The van der Waals surface area contributed by atoms with Crippen molar-refractivity contribution in [2.24, 2.45) is 0 Å². The van der Waals surface area contributed by atoms with Gasteiger partial charge in [0, 0.05) is 6.08 Å². The van der Waals surface area contributed by atoms with Crippen molar-refractivity contribution >= 4 is 16.1 Å². The Kier molecular flexibility index (Phi) is 11.5. The molecule has 0 aromatic heterocycles. The third-order valence-electron chi connectivity index (χ3n) is 2.88. The second-order valence-electron chi connectivity index (χ2n) is 4.80. The van der Waals surface area contributed by atoms with Crippen molar-refractivity contribution in [1.29, 1.82) is 0 Å². The van der Waals surface area contributed by atoms with E-state index in [4.69, 9.17) is 23.1 Å². The van der Waals surface area contributed by atoms with Crippen LogP contribution in [0.4, 0.5) is 0 Å². The molecule has 0 bridgehead atoms. The molecule has 0 unspecified atom stereocenters. The molecular weight excluding hydrogens is 364 g/mol. The number of benzene rings is 1. The molecule has 0 aliphatic carbocycles. The number of carbonyl (C=O) groups is 1. The summed E-state index contributed by atoms with van der Waals surface area (Å²) < 4.78 is 48.9. The van der Waals surface area contributed by atoms with Gasteiger partial charge in [0.25, 0.3) is 10.1 Å². The van der Waals surface area contributed by atoms with Gasteiger partial charge in [0.05, 0.1) is 51.1 Å². The number of carbonyl (C=O) groups excluding carboxylic acids is 1. The largest absolute Gasteiger partial charge is 0.460 e. The van der Waals surface area contributed by atoms with Crippen LogP contribution in [0.2, 0.25) is 0 Å². The van der Waals surface area contributed by atoms with Crippen LogP contribution in [0.25, 0.3) is 0 Å². The summed E-state index contributed by atoms with van der Waals surface area (Å²) in [5.74, 6) is -0.484. The SMILES string of the molecule is C=CC(=O)OCCOCCOCCOCCOS(=O)(=O)c1ccccc1. The van der Waals surface area contributed by atoms with Gasteiger partial charge >= 0.3 is 5.97 Å². The van der Waals surface area contributed by atoms with E-state index in [1.807, 2.05) is 0 Å². The van der Waals surface area contributed by atoms with Crippen LogP contribution < -0.4 is 0 Å². The quantitative estimate of drug-likeness (QED) is 0.191. The predicted molar refractivity (Wildman–Crippen MR) is 93.2 cm³/mol. The topological polar surface area (TPSA) is 97.4 Å². The molecule has 1 aromatic carbocycles. The Morgan fingerprint density at radius 2 is 1.35 bits per heavy atom. The minimum Gasteiger partial charge on any atom is -0.460 e. The molecule has 9 heteroatoms. The molecule has 0 fully saturated rings. The molecule has 0 saturated heterocycles. The van der Waals surface area contributed by atoms with Gasteiger partial charge in [0.1, 0.15) is 6.61 Å². The van der Waals surface area contributed by atoms with Crippen LogP contribution in [0.3, 0.4) is 0 Å². The van der Waals surface area contributed by atoms with E-state index in [1.54, 1.807) is 18.2 Å². The first-order valence-electron chi connectivity index (χ1n) is 8.03. The molecule has 1 rings (SSSR count). The number of hydrogen-bond acceptors (Lipinski definition) is 8. The number of rotatable bonds is 15. The second kappa shape index (κ2) is 13.4. The lowest BCUT2D eigenvalue weighted by Gasteiger charge is -2.08. The Hall–Kier alpha value is -1.78. The van der Waals surface area contributed by atoms with Crippen LogP contribution in [0.1, 0.15) is 0 Å². The summed E-state index contributed by atoms with van der Waals surface area (Å²) in [6.45, 7) is 5.20. The Morgan fingerprint density at radius 3 is 1.88 bits per heavy atom. The lowest BCUT2D eigenvalue weighted by Crippen LogP contribution is -2.15. The smallest absolute Gasteiger partial charge is 0.330 e. The average Bonchev–Trinajstić information content (AvgIpc) is 2.65. The molecule has 0 aliphatic heterocycles. The molecule has 0 spiro atoms. The van der Waals surface area contributed by atoms with Crippen molar-refractivity contribution in [2.75, 3.05) is 52.9 Å². The maximum absolute atomic E-state index is 11.8. The van der Waals surface area contributed by atoms with Gasteiger partial charge in [-0.25, -0.2) is 4.79 Å². The van der Waals surface area contributed by atoms with Crippen molar-refractivity contribution < 1.29 is 36.3 Å². The van der Waals surface area contributed by atoms with E-state index in [0.29, 0.717) is 26.4 Å². The third kappa shape index (κ3) is 10.3. The van der Waals surface area contributed by atoms with Crippen LogP contribution in [-0.4, -0.2) is 67.2 Å². The van der Waals surface area contributed by atoms with Gasteiger partial charge in [-0.2, -0.15) is 8.42 Å². The zero-order valence-corrected chi connectivity index (χ0v) is 15.3. The molecule has 0 saturated carbocycles. The van der Waals surface area contributed by atoms with Crippen LogP contribution in [0.15, 0.2) is 47.9 Å². The summed E-state index contributed by atoms with van der Waals surface area (Å²) in [4.78, 5) is 10.9. The predicted octanol–water partition coefficient (Wildman–Crippen LogP) is 1.17. The summed E-state index contributed by atoms with van der Waals surface area (Å²) in [5.41, 5.74) is 0. The number of ether oxygens (including phenoxy) is 4. The van der Waals surface area contributed by atoms with Crippen LogP contribution in [0, 0.1) is 0 Å². The number of esters is 1. The third-order valence-corrected chi connectivity index (χ3v) is 4.21. The molecule has 1 aromatic rings. The van der Waals surface area contributed by atoms with E-state index < -0.39 is 16.1 Å². The van der Waals surface area contributed by atoms with E-state index in [-0.39, 0.29) is 31.3 Å². The van der Waals surface area contributed by atoms with Crippen molar-refractivity contribution in [2.45, 2.75) is 4.90 Å². The fraction of sp³-hybridized carbons (Fsp3) is 0.471. The highest BCUT2D eigenvalue weighted by atomic mass is 32.2. The van der Waals surface area contributed by atoms with E-state index >= 15 is 0 Å². The van der Waals surface area contributed by atoms with Crippen LogP contribution >= 0.6 is 0 Å². The average molecular weight is 388 g/mol. The zero-order chi connectivity index (χ0) is 19.1. The minimum absolute atomic E-state index is 0.0657. The van der Waals surface area contributed by atoms with Crippen molar-refractivity contribution in [3.63, 3.8) is 0 Å². The summed E-state index contributed by atoms with van der Waals surface area (Å²) in [6, 6.07) is 7.92. The van der Waals surface area contributed by atoms with Crippen molar-refractivity contribution in [3.05, 3.63) is 43.0 Å². The van der Waals surface area contributed by atoms with Gasteiger partial charge in [-0.05, 0) is 12.1 Å². The fourth-order valence-electron chi connectivity index (χ4n) is 1.66. The minimum atomic E-state index is -3.74. The Bertz CT molecular complexity index is 615. The molecular formula is C17H24O8S. The summed E-state index contributed by atoms with van der Waals surface area (Å²) in [5, 5.41) is 0. The van der Waals surface area contributed by atoms with Crippen LogP contribution in [0.5, 0.6) is 0 Å². The summed E-state index contributed by atoms with van der Waals surface area (Å²) in [7, 11) is -3.74. The van der Waals surface area contributed by atoms with E-state index in [9.17, 15) is 13.2 Å². The first-order valence-corrected chi connectivity index (χ1v) is 9.44. The highest BCUT2D eigenvalue weighted by Crippen LogP contribution is 2.10. The van der Waals surface area contributed by atoms with Gasteiger partial charge in [0.15, 0.2) is 0 Å². The van der Waals surface area contributed by atoms with Crippen LogP contribution in [-0.2, 0) is 38.0 Å².